The van der Waals surface area contributed by atoms with Crippen molar-refractivity contribution >= 4 is 5.97 Å². The SMILES string of the molecule is COc1ccccc1OCC(C)CC(CN)CC(=O)O. The minimum absolute atomic E-state index is 0.0104. The number of methoxy groups -OCH3 is 1. The van der Waals surface area contributed by atoms with Crippen LogP contribution in [-0.4, -0.2) is 31.3 Å². The van der Waals surface area contributed by atoms with E-state index in [-0.39, 0.29) is 18.3 Å². The average Bonchev–Trinajstić information content (AvgIpc) is 2.44. The average molecular weight is 281 g/mol. The van der Waals surface area contributed by atoms with Gasteiger partial charge in [0.05, 0.1) is 13.7 Å². The molecule has 0 spiro atoms. The van der Waals surface area contributed by atoms with Crippen LogP contribution in [0, 0.1) is 11.8 Å². The molecular weight excluding hydrogens is 258 g/mol. The number of rotatable bonds is 9. The summed E-state index contributed by atoms with van der Waals surface area (Å²) in [5, 5.41) is 8.80. The van der Waals surface area contributed by atoms with Crippen molar-refractivity contribution in [2.24, 2.45) is 17.6 Å². The number of benzene rings is 1. The molecule has 2 unspecified atom stereocenters. The predicted octanol–water partition coefficient (Wildman–Crippen LogP) is 2.15. The van der Waals surface area contributed by atoms with Crippen molar-refractivity contribution < 1.29 is 19.4 Å². The molecule has 20 heavy (non-hydrogen) atoms. The summed E-state index contributed by atoms with van der Waals surface area (Å²) in [4.78, 5) is 10.7. The smallest absolute Gasteiger partial charge is 0.303 e. The molecule has 2 atom stereocenters. The van der Waals surface area contributed by atoms with Crippen molar-refractivity contribution in [3.63, 3.8) is 0 Å². The summed E-state index contributed by atoms with van der Waals surface area (Å²) in [5.74, 6) is 0.805. The summed E-state index contributed by atoms with van der Waals surface area (Å²) in [5.41, 5.74) is 5.60. The molecule has 0 aliphatic rings. The van der Waals surface area contributed by atoms with E-state index in [9.17, 15) is 4.79 Å². The Hall–Kier alpha value is -1.75. The van der Waals surface area contributed by atoms with Gasteiger partial charge in [0.25, 0.3) is 0 Å². The van der Waals surface area contributed by atoms with E-state index >= 15 is 0 Å². The molecule has 0 radical (unpaired) electrons. The first-order chi connectivity index (χ1) is 9.56. The van der Waals surface area contributed by atoms with Crippen LogP contribution in [0.3, 0.4) is 0 Å². The largest absolute Gasteiger partial charge is 0.493 e. The van der Waals surface area contributed by atoms with Crippen molar-refractivity contribution in [1.82, 2.24) is 0 Å². The molecule has 1 rings (SSSR count). The van der Waals surface area contributed by atoms with Crippen LogP contribution in [0.4, 0.5) is 0 Å². The lowest BCUT2D eigenvalue weighted by Crippen LogP contribution is -2.22. The van der Waals surface area contributed by atoms with Crippen molar-refractivity contribution in [2.45, 2.75) is 19.8 Å². The second-order valence-electron chi connectivity index (χ2n) is 5.00. The topological polar surface area (TPSA) is 81.8 Å². The lowest BCUT2D eigenvalue weighted by Gasteiger charge is -2.19. The van der Waals surface area contributed by atoms with Gasteiger partial charge in [0.2, 0.25) is 0 Å². The van der Waals surface area contributed by atoms with Crippen LogP contribution in [-0.2, 0) is 4.79 Å². The van der Waals surface area contributed by atoms with E-state index in [1.54, 1.807) is 7.11 Å². The Morgan fingerprint density at radius 3 is 2.55 bits per heavy atom. The Kier molecular flexibility index (Phi) is 6.87. The molecule has 0 aliphatic heterocycles. The van der Waals surface area contributed by atoms with Crippen molar-refractivity contribution in [3.05, 3.63) is 24.3 Å². The minimum atomic E-state index is -0.807. The highest BCUT2D eigenvalue weighted by Crippen LogP contribution is 2.27. The van der Waals surface area contributed by atoms with Crippen LogP contribution in [0.25, 0.3) is 0 Å². The van der Waals surface area contributed by atoms with Gasteiger partial charge in [0.1, 0.15) is 0 Å². The number of carboxylic acid groups (broad SMARTS) is 1. The van der Waals surface area contributed by atoms with Crippen molar-refractivity contribution in [3.8, 4) is 11.5 Å². The summed E-state index contributed by atoms with van der Waals surface area (Å²) in [6.07, 6.45) is 0.841. The van der Waals surface area contributed by atoms with E-state index in [1.807, 2.05) is 31.2 Å². The van der Waals surface area contributed by atoms with Crippen LogP contribution in [0.1, 0.15) is 19.8 Å². The number of nitrogens with two attached hydrogens (primary N) is 1. The van der Waals surface area contributed by atoms with Gasteiger partial charge in [-0.05, 0) is 36.9 Å². The highest BCUT2D eigenvalue weighted by molar-refractivity contribution is 5.67. The molecule has 1 aromatic rings. The molecule has 5 nitrogen and oxygen atoms in total. The summed E-state index contributed by atoms with van der Waals surface area (Å²) in [6, 6.07) is 7.46. The predicted molar refractivity (Wildman–Crippen MR) is 77.1 cm³/mol. The normalized spacial score (nSPS) is 13.6. The number of carbonyl (C=O) groups is 1. The van der Waals surface area contributed by atoms with Crippen LogP contribution < -0.4 is 15.2 Å². The molecule has 1 aromatic carbocycles. The van der Waals surface area contributed by atoms with E-state index in [0.717, 1.165) is 6.42 Å². The van der Waals surface area contributed by atoms with E-state index in [2.05, 4.69) is 0 Å². The number of carboxylic acids is 1. The number of ether oxygens (including phenoxy) is 2. The Morgan fingerprint density at radius 1 is 1.35 bits per heavy atom. The van der Waals surface area contributed by atoms with Gasteiger partial charge in [-0.15, -0.1) is 0 Å². The third-order valence-corrected chi connectivity index (χ3v) is 3.12. The zero-order valence-electron chi connectivity index (χ0n) is 12.0. The molecule has 5 heteroatoms. The zero-order valence-corrected chi connectivity index (χ0v) is 12.0. The summed E-state index contributed by atoms with van der Waals surface area (Å²) in [7, 11) is 1.60. The maximum Gasteiger partial charge on any atom is 0.303 e. The third-order valence-electron chi connectivity index (χ3n) is 3.12. The lowest BCUT2D eigenvalue weighted by atomic mass is 9.93. The standard InChI is InChI=1S/C15H23NO4/c1-11(7-12(9-16)8-15(17)18)10-20-14-6-4-3-5-13(14)19-2/h3-6,11-12H,7-10,16H2,1-2H3,(H,17,18). The van der Waals surface area contributed by atoms with Gasteiger partial charge in [-0.3, -0.25) is 4.79 Å². The Bertz CT molecular complexity index is 422. The second kappa shape index (κ2) is 8.43. The summed E-state index contributed by atoms with van der Waals surface area (Å²) >= 11 is 0. The van der Waals surface area contributed by atoms with Gasteiger partial charge in [-0.25, -0.2) is 0 Å². The van der Waals surface area contributed by atoms with Crippen LogP contribution in [0.5, 0.6) is 11.5 Å². The molecule has 0 saturated carbocycles. The molecule has 0 bridgehead atoms. The maximum absolute atomic E-state index is 10.7. The molecule has 3 N–H and O–H groups in total. The molecule has 0 fully saturated rings. The monoisotopic (exact) mass is 281 g/mol. The quantitative estimate of drug-likeness (QED) is 0.724. The maximum atomic E-state index is 10.7. The van der Waals surface area contributed by atoms with Crippen LogP contribution in [0.2, 0.25) is 0 Å². The molecule has 0 saturated heterocycles. The van der Waals surface area contributed by atoms with Crippen LogP contribution >= 0.6 is 0 Å². The van der Waals surface area contributed by atoms with Crippen molar-refractivity contribution in [2.75, 3.05) is 20.3 Å². The zero-order chi connectivity index (χ0) is 15.0. The Labute approximate surface area is 119 Å². The van der Waals surface area contributed by atoms with E-state index < -0.39 is 5.97 Å². The number of hydrogen-bond acceptors (Lipinski definition) is 4. The minimum Gasteiger partial charge on any atom is -0.493 e. The summed E-state index contributed by atoms with van der Waals surface area (Å²) in [6.45, 7) is 2.92. The Balaban J connectivity index is 2.46. The molecule has 0 amide bonds. The Morgan fingerprint density at radius 2 is 2.00 bits per heavy atom. The second-order valence-corrected chi connectivity index (χ2v) is 5.00. The number of aliphatic carboxylic acids is 1. The summed E-state index contributed by atoms with van der Waals surface area (Å²) < 4.78 is 10.9. The van der Waals surface area contributed by atoms with Gasteiger partial charge in [0.15, 0.2) is 11.5 Å². The molecule has 0 aliphatic carbocycles. The highest BCUT2D eigenvalue weighted by Gasteiger charge is 2.16. The molecule has 0 heterocycles. The highest BCUT2D eigenvalue weighted by atomic mass is 16.5. The fourth-order valence-corrected chi connectivity index (χ4v) is 2.12. The van der Waals surface area contributed by atoms with E-state index in [1.165, 1.54) is 0 Å². The fraction of sp³-hybridized carbons (Fsp3) is 0.533. The van der Waals surface area contributed by atoms with Gasteiger partial charge in [-0.1, -0.05) is 19.1 Å². The molecular formula is C15H23NO4. The van der Waals surface area contributed by atoms with Gasteiger partial charge < -0.3 is 20.3 Å². The van der Waals surface area contributed by atoms with Gasteiger partial charge in [0, 0.05) is 6.42 Å². The van der Waals surface area contributed by atoms with Gasteiger partial charge in [-0.2, -0.15) is 0 Å². The first kappa shape index (κ1) is 16.3. The number of hydrogen-bond donors (Lipinski definition) is 2. The van der Waals surface area contributed by atoms with E-state index in [4.69, 9.17) is 20.3 Å². The third kappa shape index (κ3) is 5.48. The number of para-hydroxylation sites is 2. The molecule has 0 aromatic heterocycles. The van der Waals surface area contributed by atoms with Gasteiger partial charge >= 0.3 is 5.97 Å². The lowest BCUT2D eigenvalue weighted by molar-refractivity contribution is -0.138. The van der Waals surface area contributed by atoms with Crippen molar-refractivity contribution in [1.29, 1.82) is 0 Å². The first-order valence-corrected chi connectivity index (χ1v) is 6.74. The first-order valence-electron chi connectivity index (χ1n) is 6.74. The van der Waals surface area contributed by atoms with E-state index in [0.29, 0.717) is 24.7 Å². The fourth-order valence-electron chi connectivity index (χ4n) is 2.12. The molecule has 112 valence electrons. The van der Waals surface area contributed by atoms with Crippen LogP contribution in [0.15, 0.2) is 24.3 Å².